The molecule has 11 nitrogen and oxygen atoms in total. The Kier molecular flexibility index (Phi) is 8.45. The van der Waals surface area contributed by atoms with E-state index in [1.165, 1.54) is 12.1 Å². The molecule has 222 valence electrons. The van der Waals surface area contributed by atoms with Crippen LogP contribution in [0, 0.1) is 6.92 Å². The van der Waals surface area contributed by atoms with Crippen molar-refractivity contribution in [3.63, 3.8) is 0 Å². The number of benzene rings is 2. The van der Waals surface area contributed by atoms with Gasteiger partial charge in [-0.15, -0.1) is 4.98 Å². The quantitative estimate of drug-likeness (QED) is 0.246. The second-order valence-corrected chi connectivity index (χ2v) is 14.7. The number of nitrogens with zero attached hydrogens (tertiary/aromatic N) is 6. The molecule has 0 unspecified atom stereocenters. The molecule has 0 amide bonds. The number of aromatic nitrogens is 4. The molecule has 0 aliphatic carbocycles. The topological polar surface area (TPSA) is 132 Å². The fraction of sp³-hybridized carbons (Fsp3) is 0.321. The predicted molar refractivity (Wildman–Crippen MR) is 160 cm³/mol. The van der Waals surface area contributed by atoms with E-state index < -0.39 is 20.1 Å². The molecule has 6 rings (SSSR count). The van der Waals surface area contributed by atoms with Crippen molar-refractivity contribution in [3.8, 4) is 0 Å². The van der Waals surface area contributed by atoms with Crippen molar-refractivity contribution >= 4 is 54.8 Å². The number of hydrogen-bond acceptors (Lipinski definition) is 9. The van der Waals surface area contributed by atoms with Crippen LogP contribution in [0.4, 0.5) is 5.69 Å². The molecular weight excluding hydrogens is 597 g/mol. The second kappa shape index (κ2) is 11.8. The highest BCUT2D eigenvalue weighted by atomic mass is 32.2. The van der Waals surface area contributed by atoms with E-state index in [-0.39, 0.29) is 4.90 Å². The summed E-state index contributed by atoms with van der Waals surface area (Å²) in [7, 11) is -1.85. The third-order valence-electron chi connectivity index (χ3n) is 7.22. The van der Waals surface area contributed by atoms with Gasteiger partial charge >= 0.3 is 0 Å². The molecule has 2 aliphatic rings. The van der Waals surface area contributed by atoms with E-state index in [1.54, 1.807) is 53.0 Å². The van der Waals surface area contributed by atoms with E-state index in [2.05, 4.69) is 14.9 Å². The largest absolute Gasteiger partial charge is 0.744 e. The Bertz CT molecular complexity index is 1880. The zero-order valence-corrected chi connectivity index (χ0v) is 26.2. The standard InChI is InChI=1S/C21H25N6O2S2.C7H8O3S/c1-24-14-23-21-20(24)16(22-13-25(21)2)12-19-26(3)17-8-7-15(11-18(17)30-19)31(28,29)27-9-5-4-6-10-27;1-6-2-4-7(5-3-6)11(8,9)10/h7-8,11-14H,4-6,9-10H2,1-3H3;2-5H,1H3,(H,8,9,10)/q+1;/p-1. The van der Waals surface area contributed by atoms with Crippen LogP contribution in [-0.2, 0) is 34.2 Å². The average Bonchev–Trinajstić information content (AvgIpc) is 3.50. The number of thioether (sulfide) groups is 1. The molecule has 0 N–H and O–H groups in total. The van der Waals surface area contributed by atoms with E-state index in [9.17, 15) is 21.4 Å². The van der Waals surface area contributed by atoms with E-state index >= 15 is 0 Å². The maximum Gasteiger partial charge on any atom is 0.291 e. The lowest BCUT2D eigenvalue weighted by Gasteiger charge is -2.26. The molecule has 0 saturated carbocycles. The van der Waals surface area contributed by atoms with Crippen molar-refractivity contribution in [2.45, 2.75) is 40.9 Å². The monoisotopic (exact) mass is 628 g/mol. The van der Waals surface area contributed by atoms with Crippen LogP contribution in [0.3, 0.4) is 0 Å². The van der Waals surface area contributed by atoms with Crippen molar-refractivity contribution in [1.82, 2.24) is 18.8 Å². The Labute approximate surface area is 250 Å². The van der Waals surface area contributed by atoms with Crippen molar-refractivity contribution in [1.29, 1.82) is 0 Å². The normalized spacial score (nSPS) is 16.9. The van der Waals surface area contributed by atoms with Gasteiger partial charge in [-0.05, 0) is 50.1 Å². The molecule has 0 spiro atoms. The van der Waals surface area contributed by atoms with Gasteiger partial charge in [0.2, 0.25) is 16.4 Å². The first-order valence-corrected chi connectivity index (χ1v) is 17.0. The molecule has 1 saturated heterocycles. The van der Waals surface area contributed by atoms with Gasteiger partial charge in [-0.1, -0.05) is 40.9 Å². The summed E-state index contributed by atoms with van der Waals surface area (Å²) in [5, 5.41) is 0.992. The summed E-state index contributed by atoms with van der Waals surface area (Å²) in [4.78, 5) is 12.3. The fourth-order valence-corrected chi connectivity index (χ4v) is 8.07. The molecule has 0 atom stereocenters. The molecule has 42 heavy (non-hydrogen) atoms. The number of hydrogen-bond donors (Lipinski definition) is 0. The van der Waals surface area contributed by atoms with Crippen molar-refractivity contribution in [2.75, 3.05) is 25.0 Å². The number of aryl methyl sites for hydroxylation is 3. The van der Waals surface area contributed by atoms with Crippen molar-refractivity contribution in [3.05, 3.63) is 71.4 Å². The molecule has 4 aromatic rings. The highest BCUT2D eigenvalue weighted by Gasteiger charge is 2.30. The summed E-state index contributed by atoms with van der Waals surface area (Å²) in [6.45, 7) is 3.03. The number of fused-ring (bicyclic) bond motifs is 2. The van der Waals surface area contributed by atoms with E-state index in [4.69, 9.17) is 0 Å². The van der Waals surface area contributed by atoms with Gasteiger partial charge in [0.15, 0.2) is 17.5 Å². The molecule has 2 aromatic heterocycles. The van der Waals surface area contributed by atoms with Crippen LogP contribution >= 0.6 is 11.8 Å². The molecule has 14 heteroatoms. The van der Waals surface area contributed by atoms with E-state index in [0.29, 0.717) is 18.0 Å². The van der Waals surface area contributed by atoms with Gasteiger partial charge in [-0.25, -0.2) is 21.4 Å². The summed E-state index contributed by atoms with van der Waals surface area (Å²) >= 11 is 1.56. The van der Waals surface area contributed by atoms with Gasteiger partial charge in [0.1, 0.15) is 10.1 Å². The summed E-state index contributed by atoms with van der Waals surface area (Å²) in [5.74, 6) is 0. The van der Waals surface area contributed by atoms with Crippen LogP contribution < -0.4 is 9.47 Å². The number of rotatable bonds is 4. The summed E-state index contributed by atoms with van der Waals surface area (Å²) in [6, 6.07) is 11.2. The lowest BCUT2D eigenvalue weighted by Crippen LogP contribution is -2.35. The summed E-state index contributed by atoms with van der Waals surface area (Å²) < 4.78 is 62.8. The number of anilines is 1. The smallest absolute Gasteiger partial charge is 0.291 e. The van der Waals surface area contributed by atoms with E-state index in [1.807, 2.05) is 49.3 Å². The lowest BCUT2D eigenvalue weighted by atomic mass is 10.2. The van der Waals surface area contributed by atoms with Crippen LogP contribution in [0.1, 0.15) is 30.5 Å². The first kappa shape index (κ1) is 30.2. The van der Waals surface area contributed by atoms with Crippen molar-refractivity contribution < 1.29 is 26.0 Å². The lowest BCUT2D eigenvalue weighted by molar-refractivity contribution is -0.649. The van der Waals surface area contributed by atoms with Gasteiger partial charge in [0.25, 0.3) is 5.65 Å². The molecule has 2 aliphatic heterocycles. The Morgan fingerprint density at radius 3 is 2.29 bits per heavy atom. The Morgan fingerprint density at radius 1 is 0.952 bits per heavy atom. The third kappa shape index (κ3) is 6.08. The Hall–Kier alpha value is -3.30. The molecule has 0 bridgehead atoms. The minimum atomic E-state index is -4.27. The molecule has 0 radical (unpaired) electrons. The second-order valence-electron chi connectivity index (χ2n) is 10.3. The van der Waals surface area contributed by atoms with Gasteiger partial charge in [-0.2, -0.15) is 4.31 Å². The fourth-order valence-electron chi connectivity index (χ4n) is 4.86. The van der Waals surface area contributed by atoms with E-state index in [0.717, 1.165) is 57.3 Å². The number of imidazole rings is 1. The first-order chi connectivity index (χ1) is 19.9. The molecular formula is C28H32N6O5S3. The average molecular weight is 629 g/mol. The minimum Gasteiger partial charge on any atom is -0.744 e. The first-order valence-electron chi connectivity index (χ1n) is 13.3. The highest BCUT2D eigenvalue weighted by Crippen LogP contribution is 2.46. The number of piperidine rings is 1. The van der Waals surface area contributed by atoms with Gasteiger partial charge < -0.3 is 14.0 Å². The molecule has 2 aromatic carbocycles. The SMILES string of the molecule is CN1/C(=C/c2nc[n+](C)c3ncn(C)c23)Sc2cc(S(=O)(=O)N3CCCCC3)ccc21.Cc1ccc(S(=O)(=O)[O-])cc1. The zero-order valence-electron chi connectivity index (χ0n) is 23.8. The van der Waals surface area contributed by atoms with Crippen LogP contribution in [-0.4, -0.2) is 60.4 Å². The molecule has 4 heterocycles. The summed E-state index contributed by atoms with van der Waals surface area (Å²) in [5.41, 5.74) is 4.57. The third-order valence-corrected chi connectivity index (χ3v) is 11.1. The van der Waals surface area contributed by atoms with Crippen LogP contribution in [0.15, 0.2) is 74.8 Å². The van der Waals surface area contributed by atoms with Gasteiger partial charge in [0, 0.05) is 38.2 Å². The van der Waals surface area contributed by atoms with Crippen LogP contribution in [0.2, 0.25) is 0 Å². The zero-order chi connectivity index (χ0) is 30.2. The van der Waals surface area contributed by atoms with Crippen molar-refractivity contribution in [2.24, 2.45) is 14.1 Å². The number of sulfonamides is 1. The maximum absolute atomic E-state index is 13.1. The van der Waals surface area contributed by atoms with Crippen LogP contribution in [0.5, 0.6) is 0 Å². The maximum atomic E-state index is 13.1. The van der Waals surface area contributed by atoms with Crippen LogP contribution in [0.25, 0.3) is 17.2 Å². The Morgan fingerprint density at radius 2 is 1.62 bits per heavy atom. The Balaban J connectivity index is 0.000000271. The molecule has 1 fully saturated rings. The highest BCUT2D eigenvalue weighted by molar-refractivity contribution is 8.04. The summed E-state index contributed by atoms with van der Waals surface area (Å²) in [6.07, 6.45) is 8.54. The van der Waals surface area contributed by atoms with Gasteiger partial charge in [0.05, 0.1) is 27.6 Å². The predicted octanol–water partition coefficient (Wildman–Crippen LogP) is 3.41. The van der Waals surface area contributed by atoms with Gasteiger partial charge in [-0.3, -0.25) is 0 Å². The minimum absolute atomic E-state index is 0.178.